The molecule has 2 aliphatic heterocycles. The molecule has 0 saturated carbocycles. The third-order valence-electron chi connectivity index (χ3n) is 7.99. The minimum atomic E-state index is -1.74. The van der Waals surface area contributed by atoms with Gasteiger partial charge in [0.1, 0.15) is 5.41 Å². The highest BCUT2D eigenvalue weighted by Crippen LogP contribution is 2.62. The Bertz CT molecular complexity index is 1560. The third kappa shape index (κ3) is 3.51. The molecule has 1 saturated heterocycles. The van der Waals surface area contributed by atoms with Crippen LogP contribution in [-0.4, -0.2) is 29.1 Å². The van der Waals surface area contributed by atoms with Crippen LogP contribution in [0.5, 0.6) is 0 Å². The highest BCUT2D eigenvalue weighted by Gasteiger charge is 2.73. The molecule has 2 aliphatic rings. The summed E-state index contributed by atoms with van der Waals surface area (Å²) >= 11 is 0. The van der Waals surface area contributed by atoms with E-state index in [0.717, 1.165) is 12.8 Å². The maximum Gasteiger partial charge on any atom is 0.380 e. The normalized spacial score (nSPS) is 19.9. The molecule has 0 spiro atoms. The van der Waals surface area contributed by atoms with Crippen LogP contribution in [0.1, 0.15) is 42.0 Å². The molecule has 198 valence electrons. The highest BCUT2D eigenvalue weighted by molar-refractivity contribution is 6.46. The van der Waals surface area contributed by atoms with E-state index < -0.39 is 22.8 Å². The lowest BCUT2D eigenvalue weighted by molar-refractivity contribution is -0.162. The fourth-order valence-corrected chi connectivity index (χ4v) is 6.34. The van der Waals surface area contributed by atoms with Gasteiger partial charge in [0.05, 0.1) is 11.3 Å². The lowest BCUT2D eigenvalue weighted by atomic mass is 9.55. The number of rotatable bonds is 7. The van der Waals surface area contributed by atoms with Gasteiger partial charge in [-0.15, -0.1) is 0 Å². The largest absolute Gasteiger partial charge is 0.441 e. The van der Waals surface area contributed by atoms with Gasteiger partial charge in [0.2, 0.25) is 5.91 Å². The summed E-state index contributed by atoms with van der Waals surface area (Å²) in [4.78, 5) is 44.8. The molecule has 0 N–H and O–H groups in total. The van der Waals surface area contributed by atoms with Gasteiger partial charge in [-0.25, -0.2) is 4.79 Å². The zero-order chi connectivity index (χ0) is 27.7. The molecule has 0 aromatic heterocycles. The van der Waals surface area contributed by atoms with Crippen LogP contribution < -0.4 is 0 Å². The van der Waals surface area contributed by atoms with E-state index >= 15 is 4.79 Å². The van der Waals surface area contributed by atoms with Crippen molar-refractivity contribution in [3.63, 3.8) is 0 Å². The predicted octanol–water partition coefficient (Wildman–Crippen LogP) is 6.05. The van der Waals surface area contributed by atoms with E-state index in [1.165, 1.54) is 0 Å². The first-order chi connectivity index (χ1) is 19.6. The number of nitrogens with zero attached hydrogens (tertiary/aromatic N) is 1. The van der Waals surface area contributed by atoms with E-state index in [1.807, 2.05) is 121 Å². The predicted molar refractivity (Wildman–Crippen MR) is 153 cm³/mol. The first kappa shape index (κ1) is 25.5. The Morgan fingerprint density at radius 1 is 0.650 bits per heavy atom. The second kappa shape index (κ2) is 10.1. The standard InChI is InChI=1S/C35H29NO4/c1-2-3-24-36-30(25-16-8-4-9-17-25)29-31(37)32(38)40-35(29,28-22-14-7-15-23-28)34(33(36)39,26-18-10-5-11-19-26)27-20-12-6-13-21-27/h4-23H,2-3,24H2,1H3. The van der Waals surface area contributed by atoms with Gasteiger partial charge in [0, 0.05) is 12.1 Å². The molecule has 4 aromatic carbocycles. The zero-order valence-corrected chi connectivity index (χ0v) is 22.2. The van der Waals surface area contributed by atoms with Crippen LogP contribution in [0.15, 0.2) is 127 Å². The lowest BCUT2D eigenvalue weighted by Gasteiger charge is -2.53. The van der Waals surface area contributed by atoms with Crippen molar-refractivity contribution in [2.45, 2.75) is 30.8 Å². The molecule has 4 aromatic rings. The topological polar surface area (TPSA) is 63.7 Å². The maximum absolute atomic E-state index is 15.5. The number of benzene rings is 4. The fraction of sp³-hybridized carbons (Fsp3) is 0.171. The van der Waals surface area contributed by atoms with Crippen LogP contribution in [-0.2, 0) is 30.1 Å². The van der Waals surface area contributed by atoms with Crippen molar-refractivity contribution in [3.05, 3.63) is 149 Å². The number of amides is 1. The van der Waals surface area contributed by atoms with Gasteiger partial charge in [-0.05, 0) is 23.1 Å². The number of ketones is 1. The van der Waals surface area contributed by atoms with E-state index in [4.69, 9.17) is 4.74 Å². The number of hydrogen-bond acceptors (Lipinski definition) is 4. The van der Waals surface area contributed by atoms with E-state index in [-0.39, 0.29) is 11.5 Å². The molecule has 5 nitrogen and oxygen atoms in total. The first-order valence-corrected chi connectivity index (χ1v) is 13.6. The van der Waals surface area contributed by atoms with Gasteiger partial charge >= 0.3 is 5.97 Å². The Balaban J connectivity index is 1.86. The summed E-state index contributed by atoms with van der Waals surface area (Å²) in [5, 5.41) is 0. The molecular formula is C35H29NO4. The summed E-state index contributed by atoms with van der Waals surface area (Å²) in [5.74, 6) is -1.94. The molecule has 1 amide bonds. The summed E-state index contributed by atoms with van der Waals surface area (Å²) in [7, 11) is 0. The molecule has 1 fully saturated rings. The van der Waals surface area contributed by atoms with Crippen LogP contribution in [0.2, 0.25) is 0 Å². The average Bonchev–Trinajstić information content (AvgIpc) is 3.28. The molecule has 0 radical (unpaired) electrons. The lowest BCUT2D eigenvalue weighted by Crippen LogP contribution is -2.64. The second-order valence-electron chi connectivity index (χ2n) is 10.1. The Kier molecular flexibility index (Phi) is 6.43. The van der Waals surface area contributed by atoms with Crippen molar-refractivity contribution >= 4 is 23.4 Å². The molecule has 1 atom stereocenters. The first-order valence-electron chi connectivity index (χ1n) is 13.6. The van der Waals surface area contributed by atoms with E-state index in [2.05, 4.69) is 6.92 Å². The highest BCUT2D eigenvalue weighted by atomic mass is 16.6. The van der Waals surface area contributed by atoms with Gasteiger partial charge in [0.25, 0.3) is 5.78 Å². The van der Waals surface area contributed by atoms with Crippen molar-refractivity contribution in [2.24, 2.45) is 0 Å². The summed E-state index contributed by atoms with van der Waals surface area (Å²) in [6.45, 7) is 2.45. The second-order valence-corrected chi connectivity index (χ2v) is 10.1. The SMILES string of the molecule is CCCCN1C(=O)C(c2ccccc2)(c2ccccc2)C2(c3ccccc3)OC(=O)C(=O)C2=C1c1ccccc1. The average molecular weight is 528 g/mol. The smallest absolute Gasteiger partial charge is 0.380 e. The fourth-order valence-electron chi connectivity index (χ4n) is 6.34. The summed E-state index contributed by atoms with van der Waals surface area (Å²) in [6, 6.07) is 37.4. The molecular weight excluding hydrogens is 498 g/mol. The van der Waals surface area contributed by atoms with Gasteiger partial charge < -0.3 is 9.64 Å². The van der Waals surface area contributed by atoms with Crippen molar-refractivity contribution in [1.29, 1.82) is 0 Å². The minimum absolute atomic E-state index is 0.193. The molecule has 0 aliphatic carbocycles. The summed E-state index contributed by atoms with van der Waals surface area (Å²) in [6.07, 6.45) is 1.56. The molecule has 0 bridgehead atoms. The summed E-state index contributed by atoms with van der Waals surface area (Å²) in [5.41, 5.74) is -0.153. The Labute approximate surface area is 233 Å². The monoisotopic (exact) mass is 527 g/mol. The van der Waals surface area contributed by atoms with Gasteiger partial charge in [-0.2, -0.15) is 0 Å². The number of carbonyl (C=O) groups is 3. The number of ether oxygens (including phenoxy) is 1. The quantitative estimate of drug-likeness (QED) is 0.217. The molecule has 5 heteroatoms. The zero-order valence-electron chi connectivity index (χ0n) is 22.2. The number of hydrogen-bond donors (Lipinski definition) is 0. The molecule has 40 heavy (non-hydrogen) atoms. The third-order valence-corrected chi connectivity index (χ3v) is 7.99. The van der Waals surface area contributed by atoms with Crippen LogP contribution in [0.4, 0.5) is 0 Å². The van der Waals surface area contributed by atoms with Crippen molar-refractivity contribution in [2.75, 3.05) is 6.54 Å². The van der Waals surface area contributed by atoms with Crippen molar-refractivity contribution in [3.8, 4) is 0 Å². The van der Waals surface area contributed by atoms with E-state index in [0.29, 0.717) is 34.5 Å². The number of unbranched alkanes of at least 4 members (excludes halogenated alkanes) is 1. The number of esters is 1. The van der Waals surface area contributed by atoms with E-state index in [1.54, 1.807) is 4.90 Å². The van der Waals surface area contributed by atoms with Gasteiger partial charge in [-0.3, -0.25) is 9.59 Å². The maximum atomic E-state index is 15.5. The van der Waals surface area contributed by atoms with Crippen LogP contribution in [0, 0.1) is 0 Å². The van der Waals surface area contributed by atoms with Gasteiger partial charge in [-0.1, -0.05) is 135 Å². The molecule has 6 rings (SSSR count). The molecule has 2 heterocycles. The number of fused-ring (bicyclic) bond motifs is 1. The minimum Gasteiger partial charge on any atom is -0.441 e. The Morgan fingerprint density at radius 2 is 1.12 bits per heavy atom. The Hall–Kier alpha value is -4.77. The number of carbonyl (C=O) groups excluding carboxylic acids is 3. The summed E-state index contributed by atoms with van der Waals surface area (Å²) < 4.78 is 6.36. The molecule has 1 unspecified atom stereocenters. The van der Waals surface area contributed by atoms with Crippen LogP contribution in [0.3, 0.4) is 0 Å². The number of Topliss-reactive ketones (excluding diaryl/α,β-unsaturated/α-hetero) is 1. The van der Waals surface area contributed by atoms with Crippen molar-refractivity contribution < 1.29 is 19.1 Å². The van der Waals surface area contributed by atoms with Crippen LogP contribution >= 0.6 is 0 Å². The van der Waals surface area contributed by atoms with Crippen LogP contribution in [0.25, 0.3) is 5.70 Å². The van der Waals surface area contributed by atoms with E-state index in [9.17, 15) is 9.59 Å². The Morgan fingerprint density at radius 3 is 1.62 bits per heavy atom. The van der Waals surface area contributed by atoms with Crippen molar-refractivity contribution in [1.82, 2.24) is 4.90 Å². The van der Waals surface area contributed by atoms with Gasteiger partial charge in [0.15, 0.2) is 5.60 Å².